The molecule has 1 fully saturated rings. The minimum atomic E-state index is 0.369. The molecule has 0 saturated carbocycles. The van der Waals surface area contributed by atoms with Crippen LogP contribution in [0.25, 0.3) is 0 Å². The Morgan fingerprint density at radius 1 is 0.880 bits per heavy atom. The van der Waals surface area contributed by atoms with Gasteiger partial charge in [-0.3, -0.25) is 0 Å². The molecule has 6 nitrogen and oxygen atoms in total. The number of nitrogens with zero attached hydrogens (tertiary/aromatic N) is 6. The lowest BCUT2D eigenvalue weighted by Crippen LogP contribution is -2.52. The summed E-state index contributed by atoms with van der Waals surface area (Å²) >= 11 is 0. The fraction of sp³-hybridized carbons (Fsp3) is 0.579. The zero-order chi connectivity index (χ0) is 18.0. The van der Waals surface area contributed by atoms with Gasteiger partial charge in [0.15, 0.2) is 0 Å². The predicted molar refractivity (Wildman–Crippen MR) is 101 cm³/mol. The molecule has 2 aromatic rings. The van der Waals surface area contributed by atoms with Crippen LogP contribution in [0, 0.1) is 13.8 Å². The lowest BCUT2D eigenvalue weighted by molar-refractivity contribution is 0.540. The second-order valence-electron chi connectivity index (χ2n) is 6.72. The van der Waals surface area contributed by atoms with Crippen LogP contribution in [-0.4, -0.2) is 45.6 Å². The third-order valence-electron chi connectivity index (χ3n) is 4.73. The summed E-state index contributed by atoms with van der Waals surface area (Å²) in [5.74, 6) is 3.79. The molecule has 134 valence electrons. The number of anilines is 2. The van der Waals surface area contributed by atoms with E-state index < -0.39 is 0 Å². The van der Waals surface area contributed by atoms with Gasteiger partial charge in [-0.2, -0.15) is 0 Å². The molecule has 1 aliphatic rings. The highest BCUT2D eigenvalue weighted by molar-refractivity contribution is 5.47. The first-order valence-electron chi connectivity index (χ1n) is 9.20. The third-order valence-corrected chi connectivity index (χ3v) is 4.73. The van der Waals surface area contributed by atoms with Crippen LogP contribution < -0.4 is 9.80 Å². The van der Waals surface area contributed by atoms with E-state index in [4.69, 9.17) is 0 Å². The Labute approximate surface area is 150 Å². The van der Waals surface area contributed by atoms with Gasteiger partial charge in [-0.15, -0.1) is 0 Å². The van der Waals surface area contributed by atoms with E-state index in [1.807, 2.05) is 13.8 Å². The quantitative estimate of drug-likeness (QED) is 0.853. The minimum Gasteiger partial charge on any atom is -0.353 e. The summed E-state index contributed by atoms with van der Waals surface area (Å²) in [4.78, 5) is 23.1. The van der Waals surface area contributed by atoms with Crippen molar-refractivity contribution in [1.82, 2.24) is 19.9 Å². The largest absolute Gasteiger partial charge is 0.353 e. The van der Waals surface area contributed by atoms with E-state index in [2.05, 4.69) is 62.6 Å². The van der Waals surface area contributed by atoms with Crippen LogP contribution in [0.2, 0.25) is 0 Å². The van der Waals surface area contributed by atoms with Gasteiger partial charge in [0, 0.05) is 49.2 Å². The van der Waals surface area contributed by atoms with Crippen LogP contribution in [0.1, 0.15) is 43.8 Å². The number of aryl methyl sites for hydroxylation is 4. The molecule has 0 bridgehead atoms. The van der Waals surface area contributed by atoms with Gasteiger partial charge in [0.25, 0.3) is 0 Å². The number of piperazine rings is 1. The highest BCUT2D eigenvalue weighted by atomic mass is 15.3. The van der Waals surface area contributed by atoms with Gasteiger partial charge in [-0.25, -0.2) is 19.9 Å². The van der Waals surface area contributed by atoms with Crippen LogP contribution in [0.3, 0.4) is 0 Å². The summed E-state index contributed by atoms with van der Waals surface area (Å²) < 4.78 is 0. The van der Waals surface area contributed by atoms with Crippen LogP contribution in [0.5, 0.6) is 0 Å². The second-order valence-corrected chi connectivity index (χ2v) is 6.72. The molecule has 0 aliphatic carbocycles. The molecule has 25 heavy (non-hydrogen) atoms. The Hall–Kier alpha value is -2.24. The molecule has 0 radical (unpaired) electrons. The molecule has 3 rings (SSSR count). The van der Waals surface area contributed by atoms with Crippen molar-refractivity contribution >= 4 is 11.6 Å². The summed E-state index contributed by atoms with van der Waals surface area (Å²) in [6.45, 7) is 13.3. The molecule has 6 heteroatoms. The van der Waals surface area contributed by atoms with Gasteiger partial charge in [0.05, 0.1) is 0 Å². The van der Waals surface area contributed by atoms with Gasteiger partial charge < -0.3 is 9.80 Å². The topological polar surface area (TPSA) is 58.0 Å². The SMILES string of the molecule is CCc1cc(N2CCN(c3cc(CC)nc(C)n3)[C@@H](C)C2)nc(C)n1. The highest BCUT2D eigenvalue weighted by Crippen LogP contribution is 2.23. The molecule has 3 heterocycles. The zero-order valence-corrected chi connectivity index (χ0v) is 16.0. The van der Waals surface area contributed by atoms with Crippen molar-refractivity contribution in [3.63, 3.8) is 0 Å². The first-order valence-corrected chi connectivity index (χ1v) is 9.20. The van der Waals surface area contributed by atoms with E-state index in [0.717, 1.165) is 67.1 Å². The normalized spacial score (nSPS) is 17.9. The highest BCUT2D eigenvalue weighted by Gasteiger charge is 2.26. The average Bonchev–Trinajstić information content (AvgIpc) is 2.60. The summed E-state index contributed by atoms with van der Waals surface area (Å²) in [6, 6.07) is 4.62. The van der Waals surface area contributed by atoms with Crippen molar-refractivity contribution in [2.24, 2.45) is 0 Å². The zero-order valence-electron chi connectivity index (χ0n) is 16.0. The van der Waals surface area contributed by atoms with Gasteiger partial charge in [-0.1, -0.05) is 13.8 Å². The van der Waals surface area contributed by atoms with Crippen LogP contribution in [0.4, 0.5) is 11.6 Å². The molecule has 1 atom stereocenters. The molecule has 0 N–H and O–H groups in total. The lowest BCUT2D eigenvalue weighted by atomic mass is 10.1. The van der Waals surface area contributed by atoms with Crippen LogP contribution in [0.15, 0.2) is 12.1 Å². The Bertz CT molecular complexity index is 745. The van der Waals surface area contributed by atoms with Crippen molar-refractivity contribution in [3.05, 3.63) is 35.2 Å². The lowest BCUT2D eigenvalue weighted by Gasteiger charge is -2.41. The molecular formula is C19H28N6. The van der Waals surface area contributed by atoms with E-state index in [1.54, 1.807) is 0 Å². The van der Waals surface area contributed by atoms with E-state index in [-0.39, 0.29) is 0 Å². The minimum absolute atomic E-state index is 0.369. The van der Waals surface area contributed by atoms with E-state index in [0.29, 0.717) is 6.04 Å². The summed E-state index contributed by atoms with van der Waals surface area (Å²) in [5, 5.41) is 0. The smallest absolute Gasteiger partial charge is 0.132 e. The first kappa shape index (κ1) is 17.6. The molecule has 0 spiro atoms. The van der Waals surface area contributed by atoms with Crippen molar-refractivity contribution in [2.45, 2.75) is 53.5 Å². The second kappa shape index (κ2) is 7.33. The maximum absolute atomic E-state index is 4.67. The predicted octanol–water partition coefficient (Wildman–Crippen LogP) is 2.72. The average molecular weight is 340 g/mol. The maximum atomic E-state index is 4.67. The fourth-order valence-corrected chi connectivity index (χ4v) is 3.40. The molecule has 0 unspecified atom stereocenters. The molecule has 2 aromatic heterocycles. The summed E-state index contributed by atoms with van der Waals surface area (Å²) in [6.07, 6.45) is 1.87. The Morgan fingerprint density at radius 3 is 2.00 bits per heavy atom. The van der Waals surface area contributed by atoms with Gasteiger partial charge in [-0.05, 0) is 33.6 Å². The van der Waals surface area contributed by atoms with Crippen LogP contribution >= 0.6 is 0 Å². The molecule has 0 aromatic carbocycles. The van der Waals surface area contributed by atoms with Crippen molar-refractivity contribution in [2.75, 3.05) is 29.4 Å². The van der Waals surface area contributed by atoms with Gasteiger partial charge in [0.2, 0.25) is 0 Å². The number of hydrogen-bond acceptors (Lipinski definition) is 6. The van der Waals surface area contributed by atoms with Crippen LogP contribution in [-0.2, 0) is 12.8 Å². The van der Waals surface area contributed by atoms with E-state index >= 15 is 0 Å². The molecule has 1 aliphatic heterocycles. The third kappa shape index (κ3) is 3.89. The van der Waals surface area contributed by atoms with Crippen molar-refractivity contribution < 1.29 is 0 Å². The Morgan fingerprint density at radius 2 is 1.44 bits per heavy atom. The fourth-order valence-electron chi connectivity index (χ4n) is 3.40. The summed E-state index contributed by atoms with van der Waals surface area (Å²) in [7, 11) is 0. The molecular weight excluding hydrogens is 312 g/mol. The Kier molecular flexibility index (Phi) is 5.16. The van der Waals surface area contributed by atoms with Gasteiger partial charge in [0.1, 0.15) is 23.3 Å². The van der Waals surface area contributed by atoms with E-state index in [9.17, 15) is 0 Å². The standard InChI is InChI=1S/C19H28N6/c1-6-16-10-18(22-14(4)20-16)24-8-9-25(13(3)12-24)19-11-17(7-2)21-15(5)23-19/h10-11,13H,6-9,12H2,1-5H3/t13-/m0/s1. The van der Waals surface area contributed by atoms with Gasteiger partial charge >= 0.3 is 0 Å². The maximum Gasteiger partial charge on any atom is 0.132 e. The molecule has 1 saturated heterocycles. The molecule has 0 amide bonds. The summed E-state index contributed by atoms with van der Waals surface area (Å²) in [5.41, 5.74) is 2.22. The van der Waals surface area contributed by atoms with Crippen molar-refractivity contribution in [3.8, 4) is 0 Å². The van der Waals surface area contributed by atoms with E-state index in [1.165, 1.54) is 0 Å². The number of rotatable bonds is 4. The monoisotopic (exact) mass is 340 g/mol. The van der Waals surface area contributed by atoms with Crippen molar-refractivity contribution in [1.29, 1.82) is 0 Å². The number of aromatic nitrogens is 4. The first-order chi connectivity index (χ1) is 12.0. The Balaban J connectivity index is 1.79. The number of hydrogen-bond donors (Lipinski definition) is 0.